The van der Waals surface area contributed by atoms with Crippen LogP contribution >= 0.6 is 11.3 Å². The highest BCUT2D eigenvalue weighted by Crippen LogP contribution is 2.23. The summed E-state index contributed by atoms with van der Waals surface area (Å²) in [6, 6.07) is 4.80. The van der Waals surface area contributed by atoms with Crippen molar-refractivity contribution < 1.29 is 4.74 Å². The number of aromatic nitrogens is 2. The van der Waals surface area contributed by atoms with Crippen molar-refractivity contribution >= 4 is 11.3 Å². The Morgan fingerprint density at radius 3 is 2.85 bits per heavy atom. The van der Waals surface area contributed by atoms with E-state index in [1.165, 1.54) is 10.4 Å². The van der Waals surface area contributed by atoms with Gasteiger partial charge in [0.1, 0.15) is 0 Å². The van der Waals surface area contributed by atoms with Crippen LogP contribution in [0, 0.1) is 6.92 Å². The Bertz CT molecular complexity index is 548. The number of rotatable bonds is 6. The van der Waals surface area contributed by atoms with Gasteiger partial charge in [-0.25, -0.2) is 4.68 Å². The van der Waals surface area contributed by atoms with E-state index in [0.29, 0.717) is 6.04 Å². The third kappa shape index (κ3) is 3.22. The van der Waals surface area contributed by atoms with Crippen LogP contribution in [0.15, 0.2) is 17.5 Å². The van der Waals surface area contributed by atoms with Gasteiger partial charge in [-0.2, -0.15) is 5.10 Å². The van der Waals surface area contributed by atoms with Crippen LogP contribution < -0.4 is 4.74 Å². The Labute approximate surface area is 125 Å². The molecule has 0 fully saturated rings. The largest absolute Gasteiger partial charge is 0.481 e. The topological polar surface area (TPSA) is 30.3 Å². The molecule has 2 aromatic heterocycles. The summed E-state index contributed by atoms with van der Waals surface area (Å²) in [6.45, 7) is 5.16. The lowest BCUT2D eigenvalue weighted by Crippen LogP contribution is -2.30. The number of hydrogen-bond donors (Lipinski definition) is 0. The van der Waals surface area contributed by atoms with E-state index >= 15 is 0 Å². The second kappa shape index (κ2) is 6.41. The molecule has 0 aliphatic heterocycles. The van der Waals surface area contributed by atoms with Crippen molar-refractivity contribution in [2.75, 3.05) is 14.2 Å². The lowest BCUT2D eigenvalue weighted by Gasteiger charge is -2.24. The molecule has 1 atom stereocenters. The minimum Gasteiger partial charge on any atom is -0.481 e. The van der Waals surface area contributed by atoms with Crippen LogP contribution in [0.5, 0.6) is 5.88 Å². The van der Waals surface area contributed by atoms with Gasteiger partial charge in [-0.3, -0.25) is 4.90 Å². The van der Waals surface area contributed by atoms with Crippen molar-refractivity contribution in [2.45, 2.75) is 32.9 Å². The van der Waals surface area contributed by atoms with Crippen molar-refractivity contribution in [2.24, 2.45) is 7.05 Å². The maximum Gasteiger partial charge on any atom is 0.216 e. The molecular formula is C15H23N3OS. The van der Waals surface area contributed by atoms with Gasteiger partial charge in [-0.15, -0.1) is 11.3 Å². The molecule has 0 amide bonds. The van der Waals surface area contributed by atoms with Gasteiger partial charge in [0.15, 0.2) is 0 Å². The summed E-state index contributed by atoms with van der Waals surface area (Å²) in [7, 11) is 5.78. The smallest absolute Gasteiger partial charge is 0.216 e. The maximum absolute atomic E-state index is 5.46. The van der Waals surface area contributed by atoms with Crippen LogP contribution in [0.3, 0.4) is 0 Å². The van der Waals surface area contributed by atoms with Crippen LogP contribution in [-0.4, -0.2) is 34.9 Å². The Hall–Kier alpha value is -1.33. The van der Waals surface area contributed by atoms with Crippen molar-refractivity contribution in [3.63, 3.8) is 0 Å². The highest BCUT2D eigenvalue weighted by molar-refractivity contribution is 7.09. The van der Waals surface area contributed by atoms with Gasteiger partial charge in [-0.1, -0.05) is 6.07 Å². The zero-order chi connectivity index (χ0) is 14.7. The van der Waals surface area contributed by atoms with E-state index in [2.05, 4.69) is 41.5 Å². The van der Waals surface area contributed by atoms with E-state index in [9.17, 15) is 0 Å². The van der Waals surface area contributed by atoms with Crippen molar-refractivity contribution in [3.05, 3.63) is 33.6 Å². The fraction of sp³-hybridized carbons (Fsp3) is 0.533. The number of hydrogen-bond acceptors (Lipinski definition) is 4. The maximum atomic E-state index is 5.46. The molecule has 1 unspecified atom stereocenters. The second-order valence-electron chi connectivity index (χ2n) is 5.24. The van der Waals surface area contributed by atoms with Gasteiger partial charge in [0, 0.05) is 24.5 Å². The predicted octanol–water partition coefficient (Wildman–Crippen LogP) is 2.86. The molecule has 5 heteroatoms. The molecule has 110 valence electrons. The van der Waals surface area contributed by atoms with E-state index < -0.39 is 0 Å². The lowest BCUT2D eigenvalue weighted by atomic mass is 10.1. The fourth-order valence-corrected chi connectivity index (χ4v) is 3.23. The molecule has 0 radical (unpaired) electrons. The predicted molar refractivity (Wildman–Crippen MR) is 83.4 cm³/mol. The van der Waals surface area contributed by atoms with E-state index in [0.717, 1.165) is 24.5 Å². The van der Waals surface area contributed by atoms with Gasteiger partial charge < -0.3 is 4.74 Å². The molecule has 0 spiro atoms. The third-order valence-corrected chi connectivity index (χ3v) is 4.62. The third-order valence-electron chi connectivity index (χ3n) is 3.72. The van der Waals surface area contributed by atoms with E-state index in [-0.39, 0.29) is 0 Å². The standard InChI is InChI=1S/C15H23N3OS/c1-11(9-13-7-6-8-20-13)17(3)10-14-12(2)16-18(4)15(14)19-5/h6-8,11H,9-10H2,1-5H3. The number of likely N-dealkylation sites (N-methyl/N-ethyl adjacent to an activating group) is 1. The van der Waals surface area contributed by atoms with E-state index in [1.54, 1.807) is 7.11 Å². The normalized spacial score (nSPS) is 12.9. The molecule has 4 nitrogen and oxygen atoms in total. The summed E-state index contributed by atoms with van der Waals surface area (Å²) in [5, 5.41) is 6.57. The molecule has 0 aromatic carbocycles. The van der Waals surface area contributed by atoms with Crippen LogP contribution in [0.1, 0.15) is 23.1 Å². The molecule has 0 saturated carbocycles. The minimum atomic E-state index is 0.484. The number of nitrogens with zero attached hydrogens (tertiary/aromatic N) is 3. The number of ether oxygens (including phenoxy) is 1. The van der Waals surface area contributed by atoms with Crippen molar-refractivity contribution in [3.8, 4) is 5.88 Å². The van der Waals surface area contributed by atoms with Crippen molar-refractivity contribution in [1.82, 2.24) is 14.7 Å². The quantitative estimate of drug-likeness (QED) is 0.820. The minimum absolute atomic E-state index is 0.484. The first-order chi connectivity index (χ1) is 9.52. The van der Waals surface area contributed by atoms with Gasteiger partial charge in [-0.05, 0) is 38.8 Å². The number of thiophene rings is 1. The average molecular weight is 293 g/mol. The summed E-state index contributed by atoms with van der Waals surface area (Å²) >= 11 is 1.82. The Morgan fingerprint density at radius 1 is 1.50 bits per heavy atom. The van der Waals surface area contributed by atoms with Gasteiger partial charge in [0.05, 0.1) is 18.4 Å². The SMILES string of the molecule is COc1c(CN(C)C(C)Cc2cccs2)c(C)nn1C. The molecule has 0 saturated heterocycles. The zero-order valence-corrected chi connectivity index (χ0v) is 13.7. The monoisotopic (exact) mass is 293 g/mol. The molecule has 2 aromatic rings. The molecule has 0 aliphatic carbocycles. The summed E-state index contributed by atoms with van der Waals surface area (Å²) < 4.78 is 7.27. The molecule has 0 bridgehead atoms. The second-order valence-corrected chi connectivity index (χ2v) is 6.28. The molecule has 20 heavy (non-hydrogen) atoms. The molecular weight excluding hydrogens is 270 g/mol. The first kappa shape index (κ1) is 15.1. The summed E-state index contributed by atoms with van der Waals surface area (Å²) in [5.74, 6) is 0.859. The molecule has 0 aliphatic rings. The fourth-order valence-electron chi connectivity index (χ4n) is 2.40. The highest BCUT2D eigenvalue weighted by Gasteiger charge is 2.18. The Kier molecular flexibility index (Phi) is 4.83. The van der Waals surface area contributed by atoms with Gasteiger partial charge >= 0.3 is 0 Å². The van der Waals surface area contributed by atoms with Crippen LogP contribution in [0.2, 0.25) is 0 Å². The Balaban J connectivity index is 2.05. The summed E-state index contributed by atoms with van der Waals surface area (Å²) in [5.41, 5.74) is 2.22. The van der Waals surface area contributed by atoms with E-state index in [4.69, 9.17) is 4.74 Å². The van der Waals surface area contributed by atoms with E-state index in [1.807, 2.05) is 30.0 Å². The first-order valence-electron chi connectivity index (χ1n) is 6.82. The van der Waals surface area contributed by atoms with Crippen LogP contribution in [-0.2, 0) is 20.0 Å². The van der Waals surface area contributed by atoms with Gasteiger partial charge in [0.25, 0.3) is 0 Å². The van der Waals surface area contributed by atoms with Crippen LogP contribution in [0.4, 0.5) is 0 Å². The zero-order valence-electron chi connectivity index (χ0n) is 12.9. The average Bonchev–Trinajstić information content (AvgIpc) is 2.98. The van der Waals surface area contributed by atoms with Gasteiger partial charge in [0.2, 0.25) is 5.88 Å². The lowest BCUT2D eigenvalue weighted by molar-refractivity contribution is 0.244. The molecule has 0 N–H and O–H groups in total. The molecule has 2 rings (SSSR count). The molecule has 2 heterocycles. The Morgan fingerprint density at radius 2 is 2.25 bits per heavy atom. The number of methoxy groups -OCH3 is 1. The summed E-state index contributed by atoms with van der Waals surface area (Å²) in [6.07, 6.45) is 1.08. The van der Waals surface area contributed by atoms with Crippen LogP contribution in [0.25, 0.3) is 0 Å². The van der Waals surface area contributed by atoms with Crippen molar-refractivity contribution in [1.29, 1.82) is 0 Å². The highest BCUT2D eigenvalue weighted by atomic mass is 32.1. The number of aryl methyl sites for hydroxylation is 2. The first-order valence-corrected chi connectivity index (χ1v) is 7.70. The summed E-state index contributed by atoms with van der Waals surface area (Å²) in [4.78, 5) is 3.78.